The highest BCUT2D eigenvalue weighted by atomic mass is 19.1. The number of benzene rings is 1. The molecule has 1 aromatic rings. The fourth-order valence-electron chi connectivity index (χ4n) is 8.98. The Labute approximate surface area is 284 Å². The van der Waals surface area contributed by atoms with Crippen molar-refractivity contribution in [2.75, 3.05) is 44.7 Å². The van der Waals surface area contributed by atoms with Crippen molar-refractivity contribution in [1.29, 1.82) is 10.5 Å². The predicted molar refractivity (Wildman–Crippen MR) is 173 cm³/mol. The summed E-state index contributed by atoms with van der Waals surface area (Å²) in [5.74, 6) is -0.211. The van der Waals surface area contributed by atoms with Crippen molar-refractivity contribution >= 4 is 29.3 Å². The molecule has 260 valence electrons. The maximum atomic E-state index is 13.5. The third kappa shape index (κ3) is 5.93. The number of likely N-dealkylation sites (N-methyl/N-ethyl adjacent to an activating group) is 1. The molecule has 7 fully saturated rings. The van der Waals surface area contributed by atoms with E-state index in [0.717, 1.165) is 38.6 Å². The molecule has 1 aromatic carbocycles. The van der Waals surface area contributed by atoms with E-state index in [0.29, 0.717) is 44.2 Å². The summed E-state index contributed by atoms with van der Waals surface area (Å²) in [6.07, 6.45) is 4.79. The largest absolute Gasteiger partial charge is 0.340 e. The summed E-state index contributed by atoms with van der Waals surface area (Å²) in [5, 5.41) is 18.4. The van der Waals surface area contributed by atoms with E-state index in [1.165, 1.54) is 12.1 Å². The Kier molecular flexibility index (Phi) is 8.81. The highest BCUT2D eigenvalue weighted by Crippen LogP contribution is 2.48. The van der Waals surface area contributed by atoms with Gasteiger partial charge in [0.25, 0.3) is 0 Å². The molecule has 4 bridgehead atoms. The predicted octanol–water partition coefficient (Wildman–Crippen LogP) is -0.801. The lowest BCUT2D eigenvalue weighted by atomic mass is 10.1. The average Bonchev–Trinajstić information content (AvgIpc) is 3.70. The van der Waals surface area contributed by atoms with Gasteiger partial charge in [-0.05, 0) is 62.6 Å². The molecule has 4 amide bonds. The Balaban J connectivity index is 0.000000161. The summed E-state index contributed by atoms with van der Waals surface area (Å²) in [6.45, 7) is 2.71. The molecule has 49 heavy (non-hydrogen) atoms. The van der Waals surface area contributed by atoms with E-state index in [4.69, 9.17) is 16.7 Å². The van der Waals surface area contributed by atoms with Crippen LogP contribution in [0.25, 0.3) is 0 Å². The Hall–Kier alpha value is -4.15. The highest BCUT2D eigenvalue weighted by Gasteiger charge is 2.56. The highest BCUT2D eigenvalue weighted by molar-refractivity contribution is 6.01. The van der Waals surface area contributed by atoms with E-state index in [1.807, 2.05) is 16.8 Å². The third-order valence-corrected chi connectivity index (χ3v) is 11.6. The molecule has 8 rings (SSSR count). The lowest BCUT2D eigenvalue weighted by molar-refractivity contribution is -0.138. The average molecular weight is 675 g/mol. The molecular weight excluding hydrogens is 631 g/mol. The number of piperidine rings is 1. The van der Waals surface area contributed by atoms with Crippen molar-refractivity contribution in [3.8, 4) is 12.1 Å². The van der Waals surface area contributed by atoms with Crippen molar-refractivity contribution in [2.45, 2.75) is 92.9 Å². The van der Waals surface area contributed by atoms with Crippen LogP contribution in [0.15, 0.2) is 24.3 Å². The van der Waals surface area contributed by atoms with E-state index in [1.54, 1.807) is 31.7 Å². The second-order valence-corrected chi connectivity index (χ2v) is 14.6. The molecule has 10 atom stereocenters. The van der Waals surface area contributed by atoms with E-state index < -0.39 is 12.1 Å². The van der Waals surface area contributed by atoms with Crippen LogP contribution in [0.4, 0.5) is 10.1 Å². The second kappa shape index (κ2) is 12.9. The van der Waals surface area contributed by atoms with Gasteiger partial charge in [0.2, 0.25) is 23.6 Å². The first-order valence-corrected chi connectivity index (χ1v) is 17.3. The van der Waals surface area contributed by atoms with Crippen molar-refractivity contribution in [2.24, 2.45) is 17.4 Å². The van der Waals surface area contributed by atoms with Crippen molar-refractivity contribution in [3.05, 3.63) is 30.1 Å². The quantitative estimate of drug-likeness (QED) is 0.371. The van der Waals surface area contributed by atoms with Crippen molar-refractivity contribution in [3.63, 3.8) is 0 Å². The summed E-state index contributed by atoms with van der Waals surface area (Å²) < 4.78 is 13.5. The molecule has 4 N–H and O–H groups in total. The lowest BCUT2D eigenvalue weighted by Gasteiger charge is -2.35. The summed E-state index contributed by atoms with van der Waals surface area (Å²) in [5.41, 5.74) is 12.8. The number of fused-ring (bicyclic) bond motifs is 5. The van der Waals surface area contributed by atoms with Gasteiger partial charge in [-0.3, -0.25) is 29.0 Å². The van der Waals surface area contributed by atoms with Gasteiger partial charge in [0.1, 0.15) is 17.9 Å². The molecule has 7 aliphatic rings. The number of rotatable bonds is 7. The Morgan fingerprint density at radius 1 is 0.918 bits per heavy atom. The number of piperazine rings is 2. The standard InChI is InChI=1S/C20H22FN5O2.C14H21N5O2/c21-12-2-1-3-13(6-12)25-15-7-18(20(25)28)24(9-15)10-16(23)19(27)26-14(8-22)4-11-5-17(11)26;1-17-10-5-12(14(17)21)18(7-10)8-11(16)13(20)19-4-2-3-9(19)6-15/h1-3,6,11,14-18H,4-5,7,9-10,23H2;9-12H,2-5,7-8,16H2,1H3/t11-,14+,15?,16+,17+,18+;9-,10?,11-,12-/m10/s1. The first kappa shape index (κ1) is 33.4. The van der Waals surface area contributed by atoms with Crippen LogP contribution in [0.5, 0.6) is 0 Å². The van der Waals surface area contributed by atoms with Crippen LogP contribution in [0, 0.1) is 34.4 Å². The number of halogens is 1. The molecule has 2 unspecified atom stereocenters. The third-order valence-electron chi connectivity index (χ3n) is 11.6. The Morgan fingerprint density at radius 3 is 2.20 bits per heavy atom. The van der Waals surface area contributed by atoms with Crippen LogP contribution >= 0.6 is 0 Å². The number of nitriles is 2. The van der Waals surface area contributed by atoms with Crippen molar-refractivity contribution < 1.29 is 23.6 Å². The maximum absolute atomic E-state index is 13.5. The number of hydrogen-bond donors (Lipinski definition) is 2. The molecule has 1 saturated carbocycles. The fourth-order valence-corrected chi connectivity index (χ4v) is 8.98. The van der Waals surface area contributed by atoms with Gasteiger partial charge in [-0.2, -0.15) is 10.5 Å². The molecule has 0 spiro atoms. The second-order valence-electron chi connectivity index (χ2n) is 14.6. The van der Waals surface area contributed by atoms with Crippen LogP contribution in [0.3, 0.4) is 0 Å². The summed E-state index contributed by atoms with van der Waals surface area (Å²) in [4.78, 5) is 60.7. The molecule has 6 heterocycles. The minimum Gasteiger partial charge on any atom is -0.340 e. The number of hydrogen-bond acceptors (Lipinski definition) is 10. The zero-order valence-electron chi connectivity index (χ0n) is 27.6. The molecule has 0 aromatic heterocycles. The van der Waals surface area contributed by atoms with Gasteiger partial charge >= 0.3 is 0 Å². The zero-order chi connectivity index (χ0) is 34.7. The van der Waals surface area contributed by atoms with Crippen LogP contribution in [0.2, 0.25) is 0 Å². The van der Waals surface area contributed by atoms with E-state index in [-0.39, 0.29) is 71.7 Å². The van der Waals surface area contributed by atoms with E-state index >= 15 is 0 Å². The number of likely N-dealkylation sites (tertiary alicyclic amines) is 5. The normalized spacial score (nSPS) is 34.1. The van der Waals surface area contributed by atoms with Gasteiger partial charge in [0, 0.05) is 57.5 Å². The summed E-state index contributed by atoms with van der Waals surface area (Å²) in [6, 6.07) is 8.27. The van der Waals surface area contributed by atoms with Gasteiger partial charge in [-0.15, -0.1) is 0 Å². The van der Waals surface area contributed by atoms with E-state index in [2.05, 4.69) is 12.1 Å². The molecule has 6 aliphatic heterocycles. The maximum Gasteiger partial charge on any atom is 0.244 e. The van der Waals surface area contributed by atoms with Gasteiger partial charge in [0.15, 0.2) is 0 Å². The SMILES string of the molecule is CN1C(=O)[C@@H]2CC1CN2C[C@H](N)C(=O)N1CCC[C@H]1C#N.N#C[C@@H]1C[C@@H]2C[C@@H]2N1C(=O)[C@@H](N)CN1CC2C[C@H]1C(=O)N2c1cccc(F)c1. The summed E-state index contributed by atoms with van der Waals surface area (Å²) >= 11 is 0. The monoisotopic (exact) mass is 674 g/mol. The summed E-state index contributed by atoms with van der Waals surface area (Å²) in [7, 11) is 1.83. The van der Waals surface area contributed by atoms with Crippen LogP contribution in [-0.2, 0) is 19.2 Å². The van der Waals surface area contributed by atoms with Crippen LogP contribution < -0.4 is 16.4 Å². The van der Waals surface area contributed by atoms with Gasteiger partial charge in [0.05, 0.1) is 42.3 Å². The number of carbonyl (C=O) groups is 4. The lowest BCUT2D eigenvalue weighted by Crippen LogP contribution is -2.57. The molecule has 14 nitrogen and oxygen atoms in total. The van der Waals surface area contributed by atoms with Crippen LogP contribution in [0.1, 0.15) is 38.5 Å². The van der Waals surface area contributed by atoms with Crippen LogP contribution in [-0.4, -0.2) is 142 Å². The molecular formula is C34H43FN10O4. The Bertz CT molecular complexity index is 1610. The zero-order valence-corrected chi connectivity index (χ0v) is 27.6. The molecule has 15 heteroatoms. The number of nitrogens with two attached hydrogens (primary N) is 2. The Morgan fingerprint density at radius 2 is 1.57 bits per heavy atom. The number of amides is 4. The first-order valence-electron chi connectivity index (χ1n) is 17.3. The topological polar surface area (TPSA) is 187 Å². The van der Waals surface area contributed by atoms with Gasteiger partial charge < -0.3 is 31.1 Å². The molecule has 1 aliphatic carbocycles. The minimum atomic E-state index is -0.745. The van der Waals surface area contributed by atoms with Gasteiger partial charge in [-0.1, -0.05) is 6.07 Å². The molecule has 6 saturated heterocycles. The minimum absolute atomic E-state index is 0.0342. The smallest absolute Gasteiger partial charge is 0.244 e. The number of anilines is 1. The van der Waals surface area contributed by atoms with Gasteiger partial charge in [-0.25, -0.2) is 4.39 Å². The number of nitrogens with zero attached hydrogens (tertiary/aromatic N) is 8. The first-order chi connectivity index (χ1) is 23.5. The van der Waals surface area contributed by atoms with Crippen molar-refractivity contribution in [1.82, 2.24) is 24.5 Å². The number of carbonyl (C=O) groups excluding carboxylic acids is 4. The molecule has 0 radical (unpaired) electrons. The van der Waals surface area contributed by atoms with E-state index in [9.17, 15) is 28.8 Å². The fraction of sp³-hybridized carbons (Fsp3) is 0.647.